The molecule has 7 heteroatoms. The van der Waals surface area contributed by atoms with Crippen LogP contribution in [0.2, 0.25) is 0 Å². The van der Waals surface area contributed by atoms with E-state index in [1.54, 1.807) is 26.4 Å². The van der Waals surface area contributed by atoms with Gasteiger partial charge >= 0.3 is 0 Å². The quantitative estimate of drug-likeness (QED) is 0.492. The number of fused-ring (bicyclic) bond motifs is 1. The van der Waals surface area contributed by atoms with Crippen LogP contribution in [0.15, 0.2) is 67.0 Å². The summed E-state index contributed by atoms with van der Waals surface area (Å²) in [4.78, 5) is 8.41. The summed E-state index contributed by atoms with van der Waals surface area (Å²) in [6.07, 6.45) is 1.39. The van der Waals surface area contributed by atoms with Crippen LogP contribution in [-0.4, -0.2) is 24.2 Å². The highest BCUT2D eigenvalue weighted by Crippen LogP contribution is 2.36. The van der Waals surface area contributed by atoms with Gasteiger partial charge in [-0.05, 0) is 35.0 Å². The smallest absolute Gasteiger partial charge is 0.248 e. The van der Waals surface area contributed by atoms with Gasteiger partial charge in [0.05, 0.1) is 19.9 Å². The second-order valence-corrected chi connectivity index (χ2v) is 6.24. The molecule has 0 fully saturated rings. The molecule has 4 aromatic rings. The van der Waals surface area contributed by atoms with Crippen LogP contribution in [0.1, 0.15) is 0 Å². The highest BCUT2D eigenvalue weighted by molar-refractivity contribution is 5.84. The van der Waals surface area contributed by atoms with E-state index in [-0.39, 0.29) is 11.6 Å². The summed E-state index contributed by atoms with van der Waals surface area (Å²) < 4.78 is 16.6. The molecular weight excluding hydrogens is 368 g/mol. The lowest BCUT2D eigenvalue weighted by atomic mass is 10.1. The van der Waals surface area contributed by atoms with Crippen molar-refractivity contribution >= 4 is 28.0 Å². The number of methoxy groups -OCH3 is 2. The maximum absolute atomic E-state index is 6.27. The fraction of sp³-hybridized carbons (Fsp3) is 0.0909. The van der Waals surface area contributed by atoms with Gasteiger partial charge in [-0.25, -0.2) is 4.98 Å². The van der Waals surface area contributed by atoms with E-state index < -0.39 is 0 Å². The lowest BCUT2D eigenvalue weighted by Crippen LogP contribution is -2.04. The van der Waals surface area contributed by atoms with Crippen LogP contribution in [0.3, 0.4) is 0 Å². The van der Waals surface area contributed by atoms with Crippen molar-refractivity contribution in [1.29, 1.82) is 0 Å². The Morgan fingerprint density at radius 3 is 2.41 bits per heavy atom. The molecule has 3 N–H and O–H groups in total. The Balaban J connectivity index is 1.63. The minimum atomic E-state index is 0.264. The van der Waals surface area contributed by atoms with Crippen molar-refractivity contribution in [2.45, 2.75) is 0 Å². The Kier molecular flexibility index (Phi) is 5.03. The number of ether oxygens (including phenoxy) is 3. The number of benzene rings is 3. The molecule has 0 saturated carbocycles. The van der Waals surface area contributed by atoms with Gasteiger partial charge in [-0.2, -0.15) is 4.98 Å². The molecule has 0 bridgehead atoms. The summed E-state index contributed by atoms with van der Waals surface area (Å²) in [6.45, 7) is 0. The van der Waals surface area contributed by atoms with Crippen molar-refractivity contribution in [2.24, 2.45) is 0 Å². The van der Waals surface area contributed by atoms with Gasteiger partial charge in [0.2, 0.25) is 5.88 Å². The average Bonchev–Trinajstić information content (AvgIpc) is 2.76. The van der Waals surface area contributed by atoms with Crippen LogP contribution in [0.4, 0.5) is 17.2 Å². The topological polar surface area (TPSA) is 91.5 Å². The number of nitrogens with two attached hydrogens (primary N) is 1. The Hall–Kier alpha value is -4.00. The highest BCUT2D eigenvalue weighted by Gasteiger charge is 2.13. The first-order valence-electron chi connectivity index (χ1n) is 8.94. The molecule has 0 aliphatic rings. The zero-order valence-corrected chi connectivity index (χ0v) is 16.0. The number of anilines is 3. The van der Waals surface area contributed by atoms with Crippen LogP contribution in [-0.2, 0) is 0 Å². The van der Waals surface area contributed by atoms with E-state index in [1.807, 2.05) is 48.5 Å². The SMILES string of the molecule is COc1ccc(OC)c(Nc2ncnc(Oc3ccc4ccccc4c3)c2N)c1. The van der Waals surface area contributed by atoms with Gasteiger partial charge in [0.15, 0.2) is 5.82 Å². The maximum Gasteiger partial charge on any atom is 0.248 e. The van der Waals surface area contributed by atoms with Gasteiger partial charge in [-0.15, -0.1) is 0 Å². The molecule has 0 amide bonds. The second-order valence-electron chi connectivity index (χ2n) is 6.24. The Morgan fingerprint density at radius 2 is 1.62 bits per heavy atom. The molecule has 146 valence electrons. The summed E-state index contributed by atoms with van der Waals surface area (Å²) >= 11 is 0. The first kappa shape index (κ1) is 18.4. The normalized spacial score (nSPS) is 10.6. The predicted molar refractivity (Wildman–Crippen MR) is 113 cm³/mol. The van der Waals surface area contributed by atoms with Crippen LogP contribution in [0, 0.1) is 0 Å². The first-order chi connectivity index (χ1) is 14.2. The number of rotatable bonds is 6. The molecule has 1 aromatic heterocycles. The van der Waals surface area contributed by atoms with Crippen molar-refractivity contribution < 1.29 is 14.2 Å². The number of hydrogen-bond acceptors (Lipinski definition) is 7. The van der Waals surface area contributed by atoms with Crippen molar-refractivity contribution in [1.82, 2.24) is 9.97 Å². The van der Waals surface area contributed by atoms with E-state index in [1.165, 1.54) is 6.33 Å². The number of aromatic nitrogens is 2. The molecule has 0 unspecified atom stereocenters. The fourth-order valence-corrected chi connectivity index (χ4v) is 2.94. The number of nitrogens with zero attached hydrogens (tertiary/aromatic N) is 2. The molecule has 0 aliphatic carbocycles. The Morgan fingerprint density at radius 1 is 0.828 bits per heavy atom. The zero-order valence-electron chi connectivity index (χ0n) is 16.0. The third-order valence-corrected chi connectivity index (χ3v) is 4.44. The van der Waals surface area contributed by atoms with E-state index in [2.05, 4.69) is 15.3 Å². The first-order valence-corrected chi connectivity index (χ1v) is 8.94. The summed E-state index contributed by atoms with van der Waals surface area (Å²) in [7, 11) is 3.19. The number of nitrogen functional groups attached to an aromatic ring is 1. The molecule has 0 atom stereocenters. The van der Waals surface area contributed by atoms with Crippen molar-refractivity contribution in [2.75, 3.05) is 25.3 Å². The van der Waals surface area contributed by atoms with E-state index in [4.69, 9.17) is 19.9 Å². The van der Waals surface area contributed by atoms with Crippen LogP contribution in [0.25, 0.3) is 10.8 Å². The minimum absolute atomic E-state index is 0.264. The average molecular weight is 388 g/mol. The van der Waals surface area contributed by atoms with Gasteiger partial charge in [-0.3, -0.25) is 0 Å². The fourth-order valence-electron chi connectivity index (χ4n) is 2.94. The van der Waals surface area contributed by atoms with E-state index in [0.29, 0.717) is 28.8 Å². The van der Waals surface area contributed by atoms with Gasteiger partial charge in [-0.1, -0.05) is 30.3 Å². The van der Waals surface area contributed by atoms with Crippen molar-refractivity contribution in [3.05, 3.63) is 67.0 Å². The van der Waals surface area contributed by atoms with Gasteiger partial charge in [0.25, 0.3) is 0 Å². The number of hydrogen-bond donors (Lipinski definition) is 2. The summed E-state index contributed by atoms with van der Waals surface area (Å²) in [5, 5.41) is 5.36. The maximum atomic E-state index is 6.27. The second kappa shape index (κ2) is 7.93. The van der Waals surface area contributed by atoms with Crippen molar-refractivity contribution in [3.63, 3.8) is 0 Å². The monoisotopic (exact) mass is 388 g/mol. The molecule has 0 spiro atoms. The minimum Gasteiger partial charge on any atom is -0.497 e. The van der Waals surface area contributed by atoms with Crippen LogP contribution < -0.4 is 25.3 Å². The molecule has 3 aromatic carbocycles. The summed E-state index contributed by atoms with van der Waals surface area (Å²) in [5.41, 5.74) is 7.21. The molecule has 1 heterocycles. The van der Waals surface area contributed by atoms with E-state index in [0.717, 1.165) is 10.8 Å². The molecule has 0 aliphatic heterocycles. The van der Waals surface area contributed by atoms with E-state index >= 15 is 0 Å². The molecule has 4 rings (SSSR count). The lowest BCUT2D eigenvalue weighted by Gasteiger charge is -2.15. The predicted octanol–water partition coefficient (Wildman–Crippen LogP) is 4.77. The summed E-state index contributed by atoms with van der Waals surface area (Å²) in [5.74, 6) is 2.61. The Labute approximate surface area is 168 Å². The Bertz CT molecular complexity index is 1160. The largest absolute Gasteiger partial charge is 0.497 e. The van der Waals surface area contributed by atoms with Crippen LogP contribution in [0.5, 0.6) is 23.1 Å². The molecule has 0 radical (unpaired) electrons. The molecular formula is C22H20N4O3. The van der Waals surface area contributed by atoms with E-state index in [9.17, 15) is 0 Å². The standard InChI is InChI=1S/C22H20N4O3/c1-27-16-9-10-19(28-2)18(12-16)26-21-20(23)22(25-13-24-21)29-17-8-7-14-5-3-4-6-15(14)11-17/h3-13H,23H2,1-2H3,(H,24,25,26). The molecule has 0 saturated heterocycles. The lowest BCUT2D eigenvalue weighted by molar-refractivity contribution is 0.405. The van der Waals surface area contributed by atoms with Gasteiger partial charge < -0.3 is 25.3 Å². The third-order valence-electron chi connectivity index (χ3n) is 4.44. The molecule has 29 heavy (non-hydrogen) atoms. The zero-order chi connectivity index (χ0) is 20.2. The van der Waals surface area contributed by atoms with Gasteiger partial charge in [0.1, 0.15) is 29.3 Å². The molecule has 7 nitrogen and oxygen atoms in total. The highest BCUT2D eigenvalue weighted by atomic mass is 16.5. The third kappa shape index (κ3) is 3.84. The summed E-state index contributed by atoms with van der Waals surface area (Å²) in [6, 6.07) is 19.2. The van der Waals surface area contributed by atoms with Crippen LogP contribution >= 0.6 is 0 Å². The van der Waals surface area contributed by atoms with Crippen molar-refractivity contribution in [3.8, 4) is 23.1 Å². The van der Waals surface area contributed by atoms with Gasteiger partial charge in [0, 0.05) is 6.07 Å². The number of nitrogens with one attached hydrogen (secondary N) is 1.